The van der Waals surface area contributed by atoms with E-state index in [1.807, 2.05) is 66.1 Å². The average molecular weight is 379 g/mol. The number of hydrogen-bond acceptors (Lipinski definition) is 4. The van der Waals surface area contributed by atoms with Crippen LogP contribution in [0.25, 0.3) is 16.9 Å². The molecule has 1 heterocycles. The molecule has 0 radical (unpaired) electrons. The number of methoxy groups -OCH3 is 1. The van der Waals surface area contributed by atoms with Gasteiger partial charge in [0.2, 0.25) is 0 Å². The van der Waals surface area contributed by atoms with Gasteiger partial charge in [0.05, 0.1) is 31.1 Å². The van der Waals surface area contributed by atoms with E-state index in [1.165, 1.54) is 0 Å². The number of aliphatic hydroxyl groups excluding tert-OH is 1. The molecule has 3 rings (SSSR count). The van der Waals surface area contributed by atoms with E-state index in [0.717, 1.165) is 22.6 Å². The van der Waals surface area contributed by atoms with Gasteiger partial charge in [-0.25, -0.2) is 4.79 Å². The van der Waals surface area contributed by atoms with Crippen molar-refractivity contribution in [3.05, 3.63) is 71.4 Å². The second-order valence-electron chi connectivity index (χ2n) is 6.57. The van der Waals surface area contributed by atoms with Crippen LogP contribution in [0, 0.1) is 6.92 Å². The highest BCUT2D eigenvalue weighted by molar-refractivity contribution is 5.97. The lowest BCUT2D eigenvalue weighted by molar-refractivity contribution is 0.0527. The van der Waals surface area contributed by atoms with Crippen molar-refractivity contribution >= 4 is 5.97 Å². The molecule has 2 aromatic carbocycles. The maximum atomic E-state index is 12.6. The van der Waals surface area contributed by atoms with E-state index in [9.17, 15) is 9.90 Å². The topological polar surface area (TPSA) is 60.7 Å². The molecule has 5 nitrogen and oxygen atoms in total. The minimum absolute atomic E-state index is 0.312. The number of ether oxygens (including phenoxy) is 2. The maximum Gasteiger partial charge on any atom is 0.340 e. The SMILES string of the molecule is CCOC(=O)c1cc(C)n(-c2ccc(OC)c(C(C)O)c2)c1-c1ccccc1. The Morgan fingerprint density at radius 3 is 2.46 bits per heavy atom. The Morgan fingerprint density at radius 2 is 1.86 bits per heavy atom. The molecule has 0 aliphatic carbocycles. The van der Waals surface area contributed by atoms with Gasteiger partial charge >= 0.3 is 5.97 Å². The molecule has 0 bridgehead atoms. The molecule has 0 aliphatic rings. The van der Waals surface area contributed by atoms with Gasteiger partial charge in [-0.3, -0.25) is 0 Å². The molecule has 1 aromatic heterocycles. The van der Waals surface area contributed by atoms with Crippen LogP contribution in [-0.4, -0.2) is 29.4 Å². The molecule has 1 atom stereocenters. The standard InChI is InChI=1S/C23H25NO4/c1-5-28-23(26)20-13-15(2)24(22(20)17-9-7-6-8-10-17)18-11-12-21(27-4)19(14-18)16(3)25/h6-14,16,25H,5H2,1-4H3. The first kappa shape index (κ1) is 19.7. The fourth-order valence-corrected chi connectivity index (χ4v) is 3.40. The van der Waals surface area contributed by atoms with E-state index in [0.29, 0.717) is 23.5 Å². The van der Waals surface area contributed by atoms with Crippen molar-refractivity contribution in [2.24, 2.45) is 0 Å². The summed E-state index contributed by atoms with van der Waals surface area (Å²) < 4.78 is 12.7. The zero-order valence-corrected chi connectivity index (χ0v) is 16.6. The number of esters is 1. The van der Waals surface area contributed by atoms with Crippen LogP contribution >= 0.6 is 0 Å². The number of hydrogen-bond donors (Lipinski definition) is 1. The lowest BCUT2D eigenvalue weighted by Crippen LogP contribution is -2.07. The first-order valence-electron chi connectivity index (χ1n) is 9.29. The molecule has 0 spiro atoms. The van der Waals surface area contributed by atoms with Crippen molar-refractivity contribution in [3.8, 4) is 22.7 Å². The summed E-state index contributed by atoms with van der Waals surface area (Å²) in [7, 11) is 1.58. The summed E-state index contributed by atoms with van der Waals surface area (Å²) in [4.78, 5) is 12.6. The van der Waals surface area contributed by atoms with E-state index in [2.05, 4.69) is 0 Å². The monoisotopic (exact) mass is 379 g/mol. The zero-order valence-electron chi connectivity index (χ0n) is 16.6. The average Bonchev–Trinajstić information content (AvgIpc) is 3.05. The zero-order chi connectivity index (χ0) is 20.3. The highest BCUT2D eigenvalue weighted by atomic mass is 16.5. The van der Waals surface area contributed by atoms with Crippen LogP contribution in [0.1, 0.15) is 41.6 Å². The third kappa shape index (κ3) is 3.66. The second-order valence-corrected chi connectivity index (χ2v) is 6.57. The predicted molar refractivity (Wildman–Crippen MR) is 109 cm³/mol. The predicted octanol–water partition coefficient (Wildman–Crippen LogP) is 4.69. The molecular weight excluding hydrogens is 354 g/mol. The quantitative estimate of drug-likeness (QED) is 0.631. The van der Waals surface area contributed by atoms with Crippen LogP contribution < -0.4 is 4.74 Å². The molecule has 0 amide bonds. The van der Waals surface area contributed by atoms with Gasteiger partial charge in [-0.2, -0.15) is 0 Å². The van der Waals surface area contributed by atoms with Crippen molar-refractivity contribution in [1.82, 2.24) is 4.57 Å². The Morgan fingerprint density at radius 1 is 1.14 bits per heavy atom. The summed E-state index contributed by atoms with van der Waals surface area (Å²) in [6.45, 7) is 5.75. The van der Waals surface area contributed by atoms with Gasteiger partial charge in [0.15, 0.2) is 0 Å². The van der Waals surface area contributed by atoms with Gasteiger partial charge in [0.25, 0.3) is 0 Å². The van der Waals surface area contributed by atoms with Crippen LogP contribution in [0.15, 0.2) is 54.6 Å². The first-order chi connectivity index (χ1) is 13.5. The lowest BCUT2D eigenvalue weighted by atomic mass is 10.1. The lowest BCUT2D eigenvalue weighted by Gasteiger charge is -2.17. The molecule has 1 N–H and O–H groups in total. The second kappa shape index (κ2) is 8.31. The molecule has 3 aromatic rings. The van der Waals surface area contributed by atoms with Crippen LogP contribution in [0.5, 0.6) is 5.75 Å². The highest BCUT2D eigenvalue weighted by Crippen LogP contribution is 2.34. The summed E-state index contributed by atoms with van der Waals surface area (Å²) >= 11 is 0. The molecule has 0 fully saturated rings. The van der Waals surface area contributed by atoms with E-state index in [4.69, 9.17) is 9.47 Å². The smallest absolute Gasteiger partial charge is 0.340 e. The minimum Gasteiger partial charge on any atom is -0.496 e. The van der Waals surface area contributed by atoms with Crippen LogP contribution in [0.2, 0.25) is 0 Å². The number of nitrogens with zero attached hydrogens (tertiary/aromatic N) is 1. The normalized spacial score (nSPS) is 11.9. The van der Waals surface area contributed by atoms with E-state index >= 15 is 0 Å². The van der Waals surface area contributed by atoms with E-state index in [1.54, 1.807) is 21.0 Å². The summed E-state index contributed by atoms with van der Waals surface area (Å²) in [5, 5.41) is 10.2. The number of aliphatic hydroxyl groups is 1. The van der Waals surface area contributed by atoms with Crippen molar-refractivity contribution in [2.45, 2.75) is 26.9 Å². The summed E-state index contributed by atoms with van der Waals surface area (Å²) in [5.41, 5.74) is 4.60. The summed E-state index contributed by atoms with van der Waals surface area (Å²) in [6, 6.07) is 17.2. The minimum atomic E-state index is -0.685. The molecule has 0 saturated carbocycles. The molecule has 0 saturated heterocycles. The van der Waals surface area contributed by atoms with Crippen LogP contribution in [0.3, 0.4) is 0 Å². The van der Waals surface area contributed by atoms with Crippen LogP contribution in [0.4, 0.5) is 0 Å². The van der Waals surface area contributed by atoms with Gasteiger partial charge in [-0.15, -0.1) is 0 Å². The van der Waals surface area contributed by atoms with E-state index in [-0.39, 0.29) is 5.97 Å². The van der Waals surface area contributed by atoms with Crippen molar-refractivity contribution in [1.29, 1.82) is 0 Å². The molecule has 0 aliphatic heterocycles. The van der Waals surface area contributed by atoms with E-state index < -0.39 is 6.10 Å². The maximum absolute atomic E-state index is 12.6. The third-order valence-corrected chi connectivity index (χ3v) is 4.65. The molecule has 146 valence electrons. The number of aromatic nitrogens is 1. The summed E-state index contributed by atoms with van der Waals surface area (Å²) in [5.74, 6) is 0.267. The molecular formula is C23H25NO4. The number of carbonyl (C=O) groups is 1. The fourth-order valence-electron chi connectivity index (χ4n) is 3.40. The van der Waals surface area contributed by atoms with Crippen molar-refractivity contribution in [3.63, 3.8) is 0 Å². The fraction of sp³-hybridized carbons (Fsp3) is 0.261. The third-order valence-electron chi connectivity index (χ3n) is 4.65. The van der Waals surface area contributed by atoms with Gasteiger partial charge in [0, 0.05) is 16.9 Å². The molecule has 5 heteroatoms. The van der Waals surface area contributed by atoms with Crippen LogP contribution in [-0.2, 0) is 4.74 Å². The van der Waals surface area contributed by atoms with Crippen molar-refractivity contribution in [2.75, 3.05) is 13.7 Å². The number of aryl methyl sites for hydroxylation is 1. The molecule has 1 unspecified atom stereocenters. The van der Waals surface area contributed by atoms with Crippen molar-refractivity contribution < 1.29 is 19.4 Å². The van der Waals surface area contributed by atoms with Gasteiger partial charge in [-0.1, -0.05) is 30.3 Å². The molecule has 28 heavy (non-hydrogen) atoms. The number of carbonyl (C=O) groups excluding carboxylic acids is 1. The van der Waals surface area contributed by atoms with Gasteiger partial charge < -0.3 is 19.1 Å². The van der Waals surface area contributed by atoms with Gasteiger partial charge in [0.1, 0.15) is 5.75 Å². The first-order valence-corrected chi connectivity index (χ1v) is 9.29. The Bertz CT molecular complexity index is 974. The Kier molecular flexibility index (Phi) is 5.85. The Hall–Kier alpha value is -3.05. The number of rotatable bonds is 6. The Labute approximate surface area is 165 Å². The number of benzene rings is 2. The largest absolute Gasteiger partial charge is 0.496 e. The summed E-state index contributed by atoms with van der Waals surface area (Å²) in [6.07, 6.45) is -0.685. The Balaban J connectivity index is 2.27. The highest BCUT2D eigenvalue weighted by Gasteiger charge is 2.23. The van der Waals surface area contributed by atoms with Gasteiger partial charge in [-0.05, 0) is 50.6 Å².